The molecule has 5 rings (SSSR count). The number of nitrogens with zero attached hydrogens (tertiary/aromatic N) is 6. The van der Waals surface area contributed by atoms with Gasteiger partial charge in [0.2, 0.25) is 0 Å². The van der Waals surface area contributed by atoms with E-state index in [-0.39, 0.29) is 18.7 Å². The molecule has 5 aromatic rings. The first-order valence-corrected chi connectivity index (χ1v) is 12.7. The fourth-order valence-electron chi connectivity index (χ4n) is 4.31. The Hall–Kier alpha value is -4.06. The van der Waals surface area contributed by atoms with Gasteiger partial charge in [0.25, 0.3) is 0 Å². The van der Waals surface area contributed by atoms with Crippen LogP contribution in [0.4, 0.5) is 8.78 Å². The minimum Gasteiger partial charge on any atom is -0.489 e. The molecule has 1 N–H and O–H groups in total. The highest BCUT2D eigenvalue weighted by Gasteiger charge is 2.41. The van der Waals surface area contributed by atoms with Gasteiger partial charge in [0.15, 0.2) is 0 Å². The third-order valence-electron chi connectivity index (χ3n) is 6.54. The number of aliphatic hydroxyl groups is 1. The Morgan fingerprint density at radius 2 is 1.80 bits per heavy atom. The van der Waals surface area contributed by atoms with Crippen LogP contribution >= 0.6 is 23.2 Å². The van der Waals surface area contributed by atoms with E-state index in [9.17, 15) is 18.7 Å². The molecule has 0 saturated carbocycles. The first kappa shape index (κ1) is 27.5. The minimum absolute atomic E-state index is 0.217. The maximum atomic E-state index is 14.9. The van der Waals surface area contributed by atoms with Crippen molar-refractivity contribution in [1.29, 1.82) is 0 Å². The Kier molecular flexibility index (Phi) is 7.70. The third-order valence-corrected chi connectivity index (χ3v) is 7.13. The summed E-state index contributed by atoms with van der Waals surface area (Å²) in [7, 11) is 0. The van der Waals surface area contributed by atoms with E-state index in [1.807, 2.05) is 0 Å². The molecule has 13 heteroatoms. The standard InChI is InChI=1S/C27H22Cl2F2N6O3/c1-17(27(39,13-35-15-32-14-33-35)23-9-4-20(30)11-25(23)31)37-26(38)36(16-34-37)21-5-7-22(8-6-21)40-12-18-2-3-19(28)10-24(18)29/h2-11,14-17,39H,12-13H2,1H3/t17-,27-/m1/s1. The SMILES string of the molecule is C[C@@H](n1ncn(-c2ccc(OCc3ccc(Cl)cc3Cl)cc2)c1=O)[C@](O)(Cn1cncn1)c1ccc(F)cc1F. The second-order valence-corrected chi connectivity index (χ2v) is 9.91. The fraction of sp³-hybridized carbons (Fsp3) is 0.185. The van der Waals surface area contributed by atoms with Crippen molar-refractivity contribution < 1.29 is 18.6 Å². The van der Waals surface area contributed by atoms with Gasteiger partial charge in [-0.05, 0) is 49.4 Å². The van der Waals surface area contributed by atoms with Crippen molar-refractivity contribution in [2.45, 2.75) is 31.7 Å². The molecule has 2 atom stereocenters. The molecule has 0 aliphatic carbocycles. The van der Waals surface area contributed by atoms with Gasteiger partial charge in [-0.3, -0.25) is 0 Å². The van der Waals surface area contributed by atoms with Crippen LogP contribution in [0.25, 0.3) is 5.69 Å². The van der Waals surface area contributed by atoms with Crippen LogP contribution in [0.1, 0.15) is 24.1 Å². The van der Waals surface area contributed by atoms with Crippen molar-refractivity contribution >= 4 is 23.2 Å². The number of hydrogen-bond acceptors (Lipinski definition) is 6. The van der Waals surface area contributed by atoms with Gasteiger partial charge in [-0.25, -0.2) is 32.5 Å². The van der Waals surface area contributed by atoms with Gasteiger partial charge in [0, 0.05) is 27.2 Å². The summed E-state index contributed by atoms with van der Waals surface area (Å²) in [6.07, 6.45) is 3.88. The van der Waals surface area contributed by atoms with Crippen molar-refractivity contribution in [1.82, 2.24) is 29.1 Å². The fourth-order valence-corrected chi connectivity index (χ4v) is 4.77. The Labute approximate surface area is 236 Å². The number of benzene rings is 3. The quantitative estimate of drug-likeness (QED) is 0.263. The Morgan fingerprint density at radius 3 is 2.48 bits per heavy atom. The Morgan fingerprint density at radius 1 is 1.02 bits per heavy atom. The van der Waals surface area contributed by atoms with E-state index in [1.165, 1.54) is 35.2 Å². The number of rotatable bonds is 9. The van der Waals surface area contributed by atoms with E-state index < -0.39 is 29.0 Å². The second kappa shape index (κ2) is 11.2. The molecule has 0 aliphatic rings. The predicted molar refractivity (Wildman–Crippen MR) is 144 cm³/mol. The smallest absolute Gasteiger partial charge is 0.350 e. The average Bonchev–Trinajstić information content (AvgIpc) is 3.57. The molecule has 0 unspecified atom stereocenters. The lowest BCUT2D eigenvalue weighted by atomic mass is 9.86. The molecule has 0 spiro atoms. The lowest BCUT2D eigenvalue weighted by molar-refractivity contribution is -0.0381. The topological polar surface area (TPSA) is 100.0 Å². The Balaban J connectivity index is 1.41. The highest BCUT2D eigenvalue weighted by molar-refractivity contribution is 6.35. The predicted octanol–water partition coefficient (Wildman–Crippen LogP) is 4.94. The molecule has 0 aliphatic heterocycles. The zero-order chi connectivity index (χ0) is 28.4. The third kappa shape index (κ3) is 5.48. The molecule has 2 heterocycles. The van der Waals surface area contributed by atoms with Gasteiger partial charge >= 0.3 is 5.69 Å². The number of aromatic nitrogens is 6. The summed E-state index contributed by atoms with van der Waals surface area (Å²) in [5.74, 6) is -1.24. The molecule has 0 radical (unpaired) electrons. The van der Waals surface area contributed by atoms with E-state index in [0.717, 1.165) is 22.4 Å². The maximum Gasteiger partial charge on any atom is 0.350 e. The van der Waals surface area contributed by atoms with Gasteiger partial charge in [-0.15, -0.1) is 0 Å². The molecule has 9 nitrogen and oxygen atoms in total. The van der Waals surface area contributed by atoms with Crippen molar-refractivity contribution in [3.8, 4) is 11.4 Å². The lowest BCUT2D eigenvalue weighted by Crippen LogP contribution is -2.44. The first-order valence-electron chi connectivity index (χ1n) is 12.0. The van der Waals surface area contributed by atoms with Crippen molar-refractivity contribution in [3.63, 3.8) is 0 Å². The highest BCUT2D eigenvalue weighted by Crippen LogP contribution is 2.36. The largest absolute Gasteiger partial charge is 0.489 e. The van der Waals surface area contributed by atoms with Crippen LogP contribution in [0.5, 0.6) is 5.75 Å². The average molecular weight is 587 g/mol. The molecule has 3 aromatic carbocycles. The summed E-state index contributed by atoms with van der Waals surface area (Å²) in [6, 6.07) is 13.6. The van der Waals surface area contributed by atoms with E-state index in [4.69, 9.17) is 27.9 Å². The van der Waals surface area contributed by atoms with Crippen LogP contribution < -0.4 is 10.4 Å². The van der Waals surface area contributed by atoms with E-state index in [2.05, 4.69) is 15.2 Å². The van der Waals surface area contributed by atoms with Crippen molar-refractivity contribution in [2.24, 2.45) is 0 Å². The summed E-state index contributed by atoms with van der Waals surface area (Å²) in [5.41, 5.74) is -1.62. The molecule has 0 amide bonds. The van der Waals surface area contributed by atoms with Crippen LogP contribution in [-0.2, 0) is 18.8 Å². The molecular formula is C27H22Cl2F2N6O3. The van der Waals surface area contributed by atoms with Crippen LogP contribution in [0.15, 0.2) is 84.4 Å². The summed E-state index contributed by atoms with van der Waals surface area (Å²) in [4.78, 5) is 17.2. The van der Waals surface area contributed by atoms with Gasteiger partial charge in [0.1, 0.15) is 48.6 Å². The van der Waals surface area contributed by atoms with Crippen LogP contribution in [-0.4, -0.2) is 34.2 Å². The van der Waals surface area contributed by atoms with Gasteiger partial charge in [-0.1, -0.05) is 35.3 Å². The van der Waals surface area contributed by atoms with Crippen LogP contribution in [0.3, 0.4) is 0 Å². The molecule has 0 bridgehead atoms. The molecule has 0 saturated heterocycles. The Bertz CT molecular complexity index is 1690. The zero-order valence-corrected chi connectivity index (χ0v) is 22.5. The summed E-state index contributed by atoms with van der Waals surface area (Å²) in [6.45, 7) is 1.45. The maximum absolute atomic E-state index is 14.9. The van der Waals surface area contributed by atoms with Gasteiger partial charge in [-0.2, -0.15) is 10.2 Å². The summed E-state index contributed by atoms with van der Waals surface area (Å²) < 4.78 is 37.9. The molecule has 0 fully saturated rings. The minimum atomic E-state index is -2.05. The monoisotopic (exact) mass is 586 g/mol. The van der Waals surface area contributed by atoms with Crippen LogP contribution in [0.2, 0.25) is 10.0 Å². The normalized spacial score (nSPS) is 13.7. The molecular weight excluding hydrogens is 565 g/mol. The first-order chi connectivity index (χ1) is 19.2. The molecule has 40 heavy (non-hydrogen) atoms. The molecule has 206 valence electrons. The lowest BCUT2D eigenvalue weighted by Gasteiger charge is -2.34. The van der Waals surface area contributed by atoms with E-state index in [1.54, 1.807) is 42.5 Å². The van der Waals surface area contributed by atoms with E-state index >= 15 is 0 Å². The number of halogens is 4. The van der Waals surface area contributed by atoms with E-state index in [0.29, 0.717) is 27.5 Å². The van der Waals surface area contributed by atoms with Gasteiger partial charge in [0.05, 0.1) is 18.3 Å². The van der Waals surface area contributed by atoms with Crippen molar-refractivity contribution in [3.05, 3.63) is 123 Å². The second-order valence-electron chi connectivity index (χ2n) is 9.06. The summed E-state index contributed by atoms with van der Waals surface area (Å²) >= 11 is 12.1. The number of hydrogen-bond donors (Lipinski definition) is 1. The molecule has 2 aromatic heterocycles. The highest BCUT2D eigenvalue weighted by atomic mass is 35.5. The summed E-state index contributed by atoms with van der Waals surface area (Å²) in [5, 5.41) is 21.0. The van der Waals surface area contributed by atoms with Gasteiger partial charge < -0.3 is 9.84 Å². The van der Waals surface area contributed by atoms with Crippen LogP contribution in [0, 0.1) is 11.6 Å². The van der Waals surface area contributed by atoms with Crippen molar-refractivity contribution in [2.75, 3.05) is 0 Å². The zero-order valence-electron chi connectivity index (χ0n) is 21.0. The number of ether oxygens (including phenoxy) is 1.